The predicted molar refractivity (Wildman–Crippen MR) is 123 cm³/mol. The van der Waals surface area contributed by atoms with Crippen LogP contribution in [0.1, 0.15) is 90.9 Å². The molecular weight excluding hydrogens is 459 g/mol. The molecule has 28 heavy (non-hydrogen) atoms. The smallest absolute Gasteiger partial charge is 0.157 e. The third-order valence-electron chi connectivity index (χ3n) is 10.5. The number of rotatable bonds is 3. The van der Waals surface area contributed by atoms with E-state index in [2.05, 4.69) is 36.4 Å². The van der Waals surface area contributed by atoms with Gasteiger partial charge in [0, 0.05) is 11.0 Å². The number of halogens is 1. The van der Waals surface area contributed by atoms with Gasteiger partial charge in [-0.25, -0.2) is 0 Å². The van der Waals surface area contributed by atoms with Crippen molar-refractivity contribution >= 4 is 22.6 Å². The Balaban J connectivity index is 1.27. The van der Waals surface area contributed by atoms with Gasteiger partial charge in [-0.1, -0.05) is 36.4 Å². The molecule has 1 heterocycles. The molecule has 4 saturated carbocycles. The molecule has 0 radical (unpaired) electrons. The Kier molecular flexibility index (Phi) is 5.85. The van der Waals surface area contributed by atoms with Crippen LogP contribution in [-0.2, 0) is 9.47 Å². The summed E-state index contributed by atoms with van der Waals surface area (Å²) in [6, 6.07) is 0. The number of hydrogen-bond acceptors (Lipinski definition) is 2. The Morgan fingerprint density at radius 3 is 2.50 bits per heavy atom. The first kappa shape index (κ1) is 20.5. The summed E-state index contributed by atoms with van der Waals surface area (Å²) in [5, 5.41) is 0. The van der Waals surface area contributed by atoms with Crippen molar-refractivity contribution < 1.29 is 9.47 Å². The summed E-state index contributed by atoms with van der Waals surface area (Å²) in [6.07, 6.45) is 17.1. The highest BCUT2D eigenvalue weighted by Crippen LogP contribution is 2.67. The maximum absolute atomic E-state index is 6.45. The van der Waals surface area contributed by atoms with Gasteiger partial charge in [0.2, 0.25) is 0 Å². The number of hydrogen-bond donors (Lipinski definition) is 0. The van der Waals surface area contributed by atoms with Gasteiger partial charge in [0.05, 0.1) is 6.10 Å². The van der Waals surface area contributed by atoms with Crippen LogP contribution < -0.4 is 0 Å². The van der Waals surface area contributed by atoms with E-state index in [9.17, 15) is 0 Å². The fourth-order valence-corrected chi connectivity index (χ4v) is 10.2. The second kappa shape index (κ2) is 7.97. The zero-order chi connectivity index (χ0) is 19.4. The van der Waals surface area contributed by atoms with Crippen LogP contribution >= 0.6 is 22.6 Å². The van der Waals surface area contributed by atoms with Crippen molar-refractivity contribution in [2.24, 2.45) is 40.4 Å². The molecule has 1 saturated heterocycles. The van der Waals surface area contributed by atoms with E-state index in [-0.39, 0.29) is 6.29 Å². The molecule has 5 rings (SSSR count). The standard InChI is InChI=1S/C25H41IO2/c1-24-12-10-19(28-23-5-3-4-14-27-23)15-17(24)6-8-20-21-9-7-18(16-26)25(21,2)13-11-22(20)24/h17-23H,3-16H2,1-2H3/t17-,18+,19+,20-,21-,22-,23+,24-,25+/m0/s1. The van der Waals surface area contributed by atoms with Gasteiger partial charge in [-0.15, -0.1) is 0 Å². The quantitative estimate of drug-likeness (QED) is 0.236. The number of fused-ring (bicyclic) bond motifs is 5. The zero-order valence-electron chi connectivity index (χ0n) is 18.1. The molecule has 0 aromatic heterocycles. The highest BCUT2D eigenvalue weighted by atomic mass is 127. The summed E-state index contributed by atoms with van der Waals surface area (Å²) < 4.78 is 13.7. The maximum atomic E-state index is 6.45. The minimum Gasteiger partial charge on any atom is -0.353 e. The second-order valence-electron chi connectivity index (χ2n) is 11.5. The van der Waals surface area contributed by atoms with E-state index in [1.54, 1.807) is 0 Å². The van der Waals surface area contributed by atoms with Gasteiger partial charge >= 0.3 is 0 Å². The summed E-state index contributed by atoms with van der Waals surface area (Å²) in [4.78, 5) is 0. The first-order chi connectivity index (χ1) is 13.5. The largest absolute Gasteiger partial charge is 0.353 e. The van der Waals surface area contributed by atoms with Crippen molar-refractivity contribution in [1.29, 1.82) is 0 Å². The van der Waals surface area contributed by atoms with E-state index in [1.807, 2.05) is 0 Å². The highest BCUT2D eigenvalue weighted by Gasteiger charge is 2.60. The molecule has 5 aliphatic rings. The molecule has 160 valence electrons. The zero-order valence-corrected chi connectivity index (χ0v) is 20.3. The maximum Gasteiger partial charge on any atom is 0.157 e. The fourth-order valence-electron chi connectivity index (χ4n) is 8.74. The normalized spacial score (nSPS) is 53.9. The van der Waals surface area contributed by atoms with Crippen LogP contribution in [0.15, 0.2) is 0 Å². The van der Waals surface area contributed by atoms with Crippen LogP contribution in [0.3, 0.4) is 0 Å². The molecule has 9 atom stereocenters. The molecule has 3 heteroatoms. The Bertz CT molecular complexity index is 561. The van der Waals surface area contributed by atoms with Crippen molar-refractivity contribution in [3.05, 3.63) is 0 Å². The van der Waals surface area contributed by atoms with Gasteiger partial charge < -0.3 is 9.47 Å². The average molecular weight is 501 g/mol. The van der Waals surface area contributed by atoms with Crippen molar-refractivity contribution in [3.8, 4) is 0 Å². The van der Waals surface area contributed by atoms with Crippen LogP contribution in [-0.4, -0.2) is 23.4 Å². The molecule has 5 fully saturated rings. The third kappa shape index (κ3) is 3.32. The summed E-state index contributed by atoms with van der Waals surface area (Å²) in [5.74, 6) is 4.91. The lowest BCUT2D eigenvalue weighted by Crippen LogP contribution is -2.54. The first-order valence-electron chi connectivity index (χ1n) is 12.4. The lowest BCUT2D eigenvalue weighted by molar-refractivity contribution is -0.212. The van der Waals surface area contributed by atoms with E-state index < -0.39 is 0 Å². The monoisotopic (exact) mass is 500 g/mol. The summed E-state index contributed by atoms with van der Waals surface area (Å²) in [5.41, 5.74) is 1.24. The summed E-state index contributed by atoms with van der Waals surface area (Å²) in [6.45, 7) is 6.27. The Labute approximate surface area is 186 Å². The van der Waals surface area contributed by atoms with E-state index in [0.29, 0.717) is 16.9 Å². The molecule has 2 nitrogen and oxygen atoms in total. The SMILES string of the molecule is C[C@]12CC[C@@H](O[C@@H]3CCCCO3)C[C@@H]1CC[C@@H]1[C@@H]2CC[C@]2(C)[C@@H](CI)CC[C@@H]12. The van der Waals surface area contributed by atoms with Crippen LogP contribution in [0.5, 0.6) is 0 Å². The molecule has 0 N–H and O–H groups in total. The van der Waals surface area contributed by atoms with Gasteiger partial charge in [-0.2, -0.15) is 0 Å². The number of ether oxygens (including phenoxy) is 2. The molecule has 1 aliphatic heterocycles. The average Bonchev–Trinajstić information content (AvgIpc) is 3.05. The fraction of sp³-hybridized carbons (Fsp3) is 1.00. The molecule has 0 aromatic rings. The molecule has 0 unspecified atom stereocenters. The predicted octanol–water partition coefficient (Wildman–Crippen LogP) is 6.99. The van der Waals surface area contributed by atoms with Gasteiger partial charge in [0.1, 0.15) is 0 Å². The molecule has 0 spiro atoms. The topological polar surface area (TPSA) is 18.5 Å². The molecule has 0 bridgehead atoms. The second-order valence-corrected chi connectivity index (χ2v) is 12.3. The van der Waals surface area contributed by atoms with Crippen molar-refractivity contribution in [1.82, 2.24) is 0 Å². The lowest BCUT2D eigenvalue weighted by atomic mass is 9.45. The van der Waals surface area contributed by atoms with E-state index in [1.165, 1.54) is 75.1 Å². The Morgan fingerprint density at radius 1 is 0.893 bits per heavy atom. The van der Waals surface area contributed by atoms with E-state index in [0.717, 1.165) is 42.6 Å². The van der Waals surface area contributed by atoms with Crippen LogP contribution in [0.25, 0.3) is 0 Å². The minimum atomic E-state index is 0.0959. The van der Waals surface area contributed by atoms with Crippen molar-refractivity contribution in [2.45, 2.75) is 103 Å². The van der Waals surface area contributed by atoms with Gasteiger partial charge in [0.25, 0.3) is 0 Å². The molecule has 4 aliphatic carbocycles. The highest BCUT2D eigenvalue weighted by molar-refractivity contribution is 14.1. The Morgan fingerprint density at radius 2 is 1.71 bits per heavy atom. The van der Waals surface area contributed by atoms with Crippen LogP contribution in [0.4, 0.5) is 0 Å². The summed E-state index contributed by atoms with van der Waals surface area (Å²) >= 11 is 2.67. The van der Waals surface area contributed by atoms with Crippen LogP contribution in [0, 0.1) is 40.4 Å². The van der Waals surface area contributed by atoms with Crippen molar-refractivity contribution in [2.75, 3.05) is 11.0 Å². The Hall–Kier alpha value is 0.650. The third-order valence-corrected chi connectivity index (χ3v) is 11.5. The molecule has 0 aromatic carbocycles. The van der Waals surface area contributed by atoms with Gasteiger partial charge in [-0.3, -0.25) is 0 Å². The van der Waals surface area contributed by atoms with E-state index in [4.69, 9.17) is 9.47 Å². The first-order valence-corrected chi connectivity index (χ1v) is 13.9. The summed E-state index contributed by atoms with van der Waals surface area (Å²) in [7, 11) is 0. The lowest BCUT2D eigenvalue weighted by Gasteiger charge is -2.61. The van der Waals surface area contributed by atoms with E-state index >= 15 is 0 Å². The number of alkyl halides is 1. The van der Waals surface area contributed by atoms with Crippen molar-refractivity contribution in [3.63, 3.8) is 0 Å². The van der Waals surface area contributed by atoms with Gasteiger partial charge in [0.15, 0.2) is 6.29 Å². The van der Waals surface area contributed by atoms with Gasteiger partial charge in [-0.05, 0) is 117 Å². The molecular formula is C25H41IO2. The minimum absolute atomic E-state index is 0.0959. The van der Waals surface area contributed by atoms with Crippen LogP contribution in [0.2, 0.25) is 0 Å². The molecule has 0 amide bonds.